The normalized spacial score (nSPS) is 11.8. The fourth-order valence-corrected chi connectivity index (χ4v) is 15.5. The lowest BCUT2D eigenvalue weighted by Gasteiger charge is -2.28. The summed E-state index contributed by atoms with van der Waals surface area (Å²) in [5, 5.41) is 9.67. The molecule has 0 radical (unpaired) electrons. The van der Waals surface area contributed by atoms with Crippen LogP contribution in [0.25, 0.3) is 21.8 Å². The maximum atomic E-state index is 5.88. The van der Waals surface area contributed by atoms with Crippen LogP contribution in [-0.2, 0) is 0 Å². The number of aryl methyl sites for hydroxylation is 2. The molecule has 0 bridgehead atoms. The molecular weight excluding hydrogens is 705 g/mol. The number of aromatic amines is 1. The first-order valence-corrected chi connectivity index (χ1v) is 22.2. The van der Waals surface area contributed by atoms with Crippen LogP contribution in [0.15, 0.2) is 216 Å². The highest BCUT2D eigenvalue weighted by Crippen LogP contribution is 2.53. The molecule has 5 heteroatoms. The average Bonchev–Trinajstić information content (AvgIpc) is 3.61. The van der Waals surface area contributed by atoms with E-state index < -0.39 is 14.1 Å². The summed E-state index contributed by atoms with van der Waals surface area (Å²) in [6.45, 7) is 4.45. The van der Waals surface area contributed by atoms with Gasteiger partial charge in [0.15, 0.2) is 0 Å². The molecule has 1 N–H and O–H groups in total. The number of aromatic nitrogens is 1. The summed E-state index contributed by atoms with van der Waals surface area (Å²) in [6.07, 6.45) is 0. The number of rotatable bonds is 8. The lowest BCUT2D eigenvalue weighted by Crippen LogP contribution is -2.27. The second-order valence-corrected chi connectivity index (χ2v) is 20.0. The Hall–Kier alpha value is -5.98. The molecule has 3 nitrogen and oxygen atoms in total. The largest absolute Gasteiger partial charge is 0.353 e. The second kappa shape index (κ2) is 14.7. The number of hydrogen-bond donors (Lipinski definition) is 1. The van der Waals surface area contributed by atoms with E-state index in [9.17, 15) is 0 Å². The minimum absolute atomic E-state index is 0.964. The maximum Gasteiger partial charge on any atom is 0.0632 e. The molecule has 0 aliphatic heterocycles. The Bertz CT molecular complexity index is 2580. The molecule has 1 heterocycles. The summed E-state index contributed by atoms with van der Waals surface area (Å²) in [4.78, 5) is 4.17. The summed E-state index contributed by atoms with van der Waals surface area (Å²) in [5.74, 6) is 0. The number of fused-ring (bicyclic) bond motifs is 3. The van der Waals surface area contributed by atoms with Crippen molar-refractivity contribution in [2.24, 2.45) is 9.49 Å². The van der Waals surface area contributed by atoms with Crippen molar-refractivity contribution in [3.63, 3.8) is 0 Å². The van der Waals surface area contributed by atoms with Crippen molar-refractivity contribution in [3.8, 4) is 0 Å². The van der Waals surface area contributed by atoms with E-state index >= 15 is 0 Å². The van der Waals surface area contributed by atoms with Crippen LogP contribution in [-0.4, -0.2) is 4.98 Å². The van der Waals surface area contributed by atoms with E-state index in [1.165, 1.54) is 53.7 Å². The van der Waals surface area contributed by atoms with Gasteiger partial charge in [0, 0.05) is 42.6 Å². The molecule has 0 aliphatic rings. The molecule has 0 fully saturated rings. The number of nitrogens with one attached hydrogen (secondary N) is 1. The zero-order valence-electron chi connectivity index (χ0n) is 30.9. The first-order chi connectivity index (χ1) is 27.1. The van der Waals surface area contributed by atoms with Crippen LogP contribution in [0.1, 0.15) is 11.1 Å². The van der Waals surface area contributed by atoms with Crippen LogP contribution in [0.3, 0.4) is 0 Å². The van der Waals surface area contributed by atoms with Gasteiger partial charge >= 0.3 is 0 Å². The van der Waals surface area contributed by atoms with Gasteiger partial charge in [-0.15, -0.1) is 0 Å². The molecule has 9 rings (SSSR count). The van der Waals surface area contributed by atoms with Crippen molar-refractivity contribution in [2.45, 2.75) is 13.8 Å². The first-order valence-electron chi connectivity index (χ1n) is 18.7. The van der Waals surface area contributed by atoms with Crippen LogP contribution < -0.4 is 31.8 Å². The van der Waals surface area contributed by atoms with Crippen molar-refractivity contribution < 1.29 is 0 Å². The lowest BCUT2D eigenvalue weighted by atomic mass is 10.1. The zero-order chi connectivity index (χ0) is 37.2. The molecule has 0 amide bonds. The standard InChI is InChI=1S/C50H41N3P2/c1-37-33-45-46-34-38(2)36-48(55(43-29-17-7-18-30-43,44-31-19-8-20-32-44)53-40-23-11-4-12-24-40)50(46)51-49(45)47(35-37)54(41-25-13-5-14-26-41,42-27-15-6-16-28-42)52-39-21-9-3-10-22-39/h3-36,51H,1-2H3. The average molecular weight is 746 g/mol. The Balaban J connectivity index is 1.48. The van der Waals surface area contributed by atoms with Gasteiger partial charge in [-0.1, -0.05) is 158 Å². The predicted molar refractivity (Wildman–Crippen MR) is 240 cm³/mol. The molecule has 0 atom stereocenters. The quantitative estimate of drug-likeness (QED) is 0.151. The summed E-state index contributed by atoms with van der Waals surface area (Å²) in [6, 6.07) is 74.2. The summed E-state index contributed by atoms with van der Waals surface area (Å²) >= 11 is 0. The minimum atomic E-state index is -2.66. The van der Waals surface area contributed by atoms with Gasteiger partial charge < -0.3 is 4.98 Å². The van der Waals surface area contributed by atoms with Crippen LogP contribution in [0.2, 0.25) is 0 Å². The predicted octanol–water partition coefficient (Wildman–Crippen LogP) is 11.6. The number of H-pyrrole nitrogens is 1. The van der Waals surface area contributed by atoms with E-state index in [1.807, 2.05) is 0 Å². The van der Waals surface area contributed by atoms with Crippen LogP contribution in [0.4, 0.5) is 11.4 Å². The molecule has 0 unspecified atom stereocenters. The van der Waals surface area contributed by atoms with Crippen molar-refractivity contribution in [1.29, 1.82) is 0 Å². The second-order valence-electron chi connectivity index (χ2n) is 14.0. The molecule has 55 heavy (non-hydrogen) atoms. The molecule has 0 saturated carbocycles. The van der Waals surface area contributed by atoms with Gasteiger partial charge in [-0.25, -0.2) is 0 Å². The Kier molecular flexibility index (Phi) is 9.28. The van der Waals surface area contributed by atoms with Gasteiger partial charge in [0.2, 0.25) is 0 Å². The molecule has 0 saturated heterocycles. The summed E-state index contributed by atoms with van der Waals surface area (Å²) in [5.41, 5.74) is 6.56. The number of hydrogen-bond acceptors (Lipinski definition) is 2. The summed E-state index contributed by atoms with van der Waals surface area (Å²) < 4.78 is 11.8. The molecule has 0 aliphatic carbocycles. The third-order valence-electron chi connectivity index (χ3n) is 10.3. The molecule has 0 spiro atoms. The van der Waals surface area contributed by atoms with Gasteiger partial charge in [0.05, 0.1) is 36.5 Å². The fourth-order valence-electron chi connectivity index (χ4n) is 7.96. The first kappa shape index (κ1) is 34.8. The van der Waals surface area contributed by atoms with E-state index in [0.29, 0.717) is 0 Å². The Morgan fingerprint density at radius 1 is 0.345 bits per heavy atom. The van der Waals surface area contributed by atoms with Crippen molar-refractivity contribution in [2.75, 3.05) is 0 Å². The monoisotopic (exact) mass is 745 g/mol. The van der Waals surface area contributed by atoms with Crippen molar-refractivity contribution in [3.05, 3.63) is 217 Å². The highest BCUT2D eigenvalue weighted by Gasteiger charge is 2.34. The Morgan fingerprint density at radius 3 is 0.909 bits per heavy atom. The molecule has 8 aromatic carbocycles. The molecule has 266 valence electrons. The smallest absolute Gasteiger partial charge is 0.0632 e. The minimum Gasteiger partial charge on any atom is -0.353 e. The van der Waals surface area contributed by atoms with Gasteiger partial charge in [0.1, 0.15) is 0 Å². The van der Waals surface area contributed by atoms with E-state index in [-0.39, 0.29) is 0 Å². The Morgan fingerprint density at radius 2 is 0.618 bits per heavy atom. The third kappa shape index (κ3) is 6.21. The van der Waals surface area contributed by atoms with E-state index in [4.69, 9.17) is 9.49 Å². The third-order valence-corrected chi connectivity index (χ3v) is 17.7. The van der Waals surface area contributed by atoms with E-state index in [1.54, 1.807) is 0 Å². The van der Waals surface area contributed by atoms with Crippen LogP contribution in [0.5, 0.6) is 0 Å². The summed E-state index contributed by atoms with van der Waals surface area (Å²) in [7, 11) is -5.32. The fraction of sp³-hybridized carbons (Fsp3) is 0.0400. The van der Waals surface area contributed by atoms with Gasteiger partial charge in [0.25, 0.3) is 0 Å². The van der Waals surface area contributed by atoms with Crippen molar-refractivity contribution >= 4 is 79.1 Å². The van der Waals surface area contributed by atoms with Crippen LogP contribution >= 0.6 is 14.1 Å². The number of nitrogens with zero attached hydrogens (tertiary/aromatic N) is 2. The molecule has 1 aromatic heterocycles. The highest BCUT2D eigenvalue weighted by atomic mass is 31.2. The van der Waals surface area contributed by atoms with Crippen LogP contribution in [0, 0.1) is 13.8 Å². The number of benzene rings is 8. The van der Waals surface area contributed by atoms with Gasteiger partial charge in [-0.05, 0) is 73.5 Å². The highest BCUT2D eigenvalue weighted by molar-refractivity contribution is 7.88. The van der Waals surface area contributed by atoms with E-state index in [2.05, 4.69) is 225 Å². The SMILES string of the molecule is Cc1cc(P(=Nc2ccccc2)(c2ccccc2)c2ccccc2)c2[nH]c3c(P(=Nc4ccccc4)(c4ccccc4)c4ccccc4)cc(C)cc3c2c1. The zero-order valence-corrected chi connectivity index (χ0v) is 32.7. The van der Waals surface area contributed by atoms with Gasteiger partial charge in [-0.2, -0.15) is 0 Å². The van der Waals surface area contributed by atoms with E-state index in [0.717, 1.165) is 22.4 Å². The maximum absolute atomic E-state index is 5.88. The topological polar surface area (TPSA) is 40.5 Å². The lowest BCUT2D eigenvalue weighted by molar-refractivity contribution is 1.49. The molecule has 9 aromatic rings. The molecular formula is C50H41N3P2. The Labute approximate surface area is 323 Å². The van der Waals surface area contributed by atoms with Gasteiger partial charge in [-0.3, -0.25) is 9.49 Å². The van der Waals surface area contributed by atoms with Crippen molar-refractivity contribution in [1.82, 2.24) is 4.98 Å².